The van der Waals surface area contributed by atoms with E-state index in [1.807, 2.05) is 26.0 Å². The lowest BCUT2D eigenvalue weighted by Gasteiger charge is -2.30. The third-order valence-corrected chi connectivity index (χ3v) is 10.4. The van der Waals surface area contributed by atoms with E-state index in [1.54, 1.807) is 50.2 Å². The molecule has 6 nitrogen and oxygen atoms in total. The molecule has 2 aliphatic rings. The molecule has 0 saturated carbocycles. The molecule has 0 bridgehead atoms. The van der Waals surface area contributed by atoms with Crippen molar-refractivity contribution in [2.75, 3.05) is 6.61 Å². The molecule has 1 saturated heterocycles. The fourth-order valence-corrected chi connectivity index (χ4v) is 8.17. The quantitative estimate of drug-likeness (QED) is 0.594. The second kappa shape index (κ2) is 8.24. The van der Waals surface area contributed by atoms with Crippen molar-refractivity contribution in [2.24, 2.45) is 11.8 Å². The first-order chi connectivity index (χ1) is 15.1. The second-order valence-electron chi connectivity index (χ2n) is 8.24. The van der Waals surface area contributed by atoms with E-state index < -0.39 is 49.5 Å². The normalized spacial score (nSPS) is 28.2. The van der Waals surface area contributed by atoms with Gasteiger partial charge < -0.3 is 9.47 Å². The number of sulfone groups is 1. The molecule has 170 valence electrons. The van der Waals surface area contributed by atoms with Crippen LogP contribution in [0.4, 0.5) is 0 Å². The Labute approximate surface area is 191 Å². The van der Waals surface area contributed by atoms with Crippen LogP contribution in [0, 0.1) is 25.7 Å². The van der Waals surface area contributed by atoms with Crippen LogP contribution >= 0.6 is 0 Å². The van der Waals surface area contributed by atoms with E-state index in [-0.39, 0.29) is 16.4 Å². The Morgan fingerprint density at radius 1 is 1.03 bits per heavy atom. The van der Waals surface area contributed by atoms with Crippen LogP contribution in [0.25, 0.3) is 0 Å². The predicted octanol–water partition coefficient (Wildman–Crippen LogP) is 3.69. The molecule has 4 rings (SSSR count). The predicted molar refractivity (Wildman–Crippen MR) is 121 cm³/mol. The summed E-state index contributed by atoms with van der Waals surface area (Å²) < 4.78 is 50.5. The van der Waals surface area contributed by atoms with E-state index in [9.17, 15) is 17.4 Å². The third-order valence-electron chi connectivity index (χ3n) is 6.26. The van der Waals surface area contributed by atoms with Crippen molar-refractivity contribution in [3.05, 3.63) is 70.6 Å². The third kappa shape index (κ3) is 3.36. The lowest BCUT2D eigenvalue weighted by atomic mass is 9.89. The summed E-state index contributed by atoms with van der Waals surface area (Å²) in [6, 6.07) is 13.6. The summed E-state index contributed by atoms with van der Waals surface area (Å²) in [7, 11) is -5.77. The number of allylic oxidation sites excluding steroid dienone is 1. The maximum absolute atomic E-state index is 13.9. The molecule has 8 heteroatoms. The van der Waals surface area contributed by atoms with Crippen LogP contribution in [-0.2, 0) is 34.9 Å². The highest BCUT2D eigenvalue weighted by atomic mass is 32.2. The minimum absolute atomic E-state index is 0.0770. The topological polar surface area (TPSA) is 86.7 Å². The Morgan fingerprint density at radius 2 is 1.59 bits per heavy atom. The van der Waals surface area contributed by atoms with E-state index in [1.165, 1.54) is 6.08 Å². The molecular weight excluding hydrogens is 448 g/mol. The number of rotatable bonds is 6. The van der Waals surface area contributed by atoms with Crippen LogP contribution < -0.4 is 0 Å². The number of hydrogen-bond acceptors (Lipinski definition) is 6. The van der Waals surface area contributed by atoms with Gasteiger partial charge in [-0.3, -0.25) is 9.00 Å². The molecule has 1 heterocycles. The fourth-order valence-electron chi connectivity index (χ4n) is 4.50. The van der Waals surface area contributed by atoms with E-state index in [2.05, 4.69) is 0 Å². The minimum Gasteiger partial charge on any atom is -0.434 e. The maximum Gasteiger partial charge on any atom is 0.329 e. The highest BCUT2D eigenvalue weighted by Gasteiger charge is 2.69. The van der Waals surface area contributed by atoms with Crippen molar-refractivity contribution in [3.8, 4) is 0 Å². The molecular formula is C24H26O6S2. The zero-order chi connectivity index (χ0) is 23.3. The van der Waals surface area contributed by atoms with Gasteiger partial charge in [-0.05, 0) is 45.0 Å². The van der Waals surface area contributed by atoms with Crippen molar-refractivity contribution in [1.82, 2.24) is 0 Å². The minimum atomic E-state index is -3.91. The molecule has 0 N–H and O–H groups in total. The van der Waals surface area contributed by atoms with E-state index >= 15 is 0 Å². The Balaban J connectivity index is 1.85. The lowest BCUT2D eigenvalue weighted by molar-refractivity contribution is -0.165. The van der Waals surface area contributed by atoms with Crippen molar-refractivity contribution >= 4 is 26.6 Å². The lowest BCUT2D eigenvalue weighted by Crippen LogP contribution is -2.49. The molecule has 0 radical (unpaired) electrons. The molecule has 1 aliphatic heterocycles. The summed E-state index contributed by atoms with van der Waals surface area (Å²) in [6.45, 7) is 7.45. The number of esters is 1. The highest BCUT2D eigenvalue weighted by molar-refractivity contribution is 7.95. The Bertz CT molecular complexity index is 1200. The van der Waals surface area contributed by atoms with Crippen LogP contribution in [0.15, 0.2) is 69.3 Å². The van der Waals surface area contributed by atoms with Gasteiger partial charge in [0.25, 0.3) is 0 Å². The molecule has 5 atom stereocenters. The van der Waals surface area contributed by atoms with Gasteiger partial charge >= 0.3 is 5.97 Å². The summed E-state index contributed by atoms with van der Waals surface area (Å²) in [5, 5.41) is 0. The summed E-state index contributed by atoms with van der Waals surface area (Å²) >= 11 is 0. The van der Waals surface area contributed by atoms with Crippen molar-refractivity contribution in [1.29, 1.82) is 0 Å². The smallest absolute Gasteiger partial charge is 0.329 e. The second-order valence-corrected chi connectivity index (χ2v) is 11.9. The molecule has 2 aromatic rings. The van der Waals surface area contributed by atoms with Gasteiger partial charge in [0, 0.05) is 17.4 Å². The number of carbonyl (C=O) groups excluding carboxylic acids is 1. The zero-order valence-electron chi connectivity index (χ0n) is 18.4. The van der Waals surface area contributed by atoms with Gasteiger partial charge in [-0.15, -0.1) is 0 Å². The van der Waals surface area contributed by atoms with Gasteiger partial charge in [0.2, 0.25) is 16.1 Å². The first-order valence-electron chi connectivity index (χ1n) is 10.5. The van der Waals surface area contributed by atoms with E-state index in [0.717, 1.165) is 11.1 Å². The van der Waals surface area contributed by atoms with Crippen molar-refractivity contribution in [2.45, 2.75) is 48.5 Å². The molecule has 0 amide bonds. The van der Waals surface area contributed by atoms with E-state index in [0.29, 0.717) is 4.90 Å². The fraction of sp³-hybridized carbons (Fsp3) is 0.375. The molecule has 1 fully saturated rings. The van der Waals surface area contributed by atoms with Crippen molar-refractivity contribution < 1.29 is 26.9 Å². The molecule has 1 aliphatic carbocycles. The first kappa shape index (κ1) is 22.9. The van der Waals surface area contributed by atoms with Crippen LogP contribution in [0.2, 0.25) is 0 Å². The zero-order valence-corrected chi connectivity index (χ0v) is 20.0. The molecule has 0 spiro atoms. The number of carbonyl (C=O) groups is 1. The summed E-state index contributed by atoms with van der Waals surface area (Å²) in [5.74, 6) is -2.35. The van der Waals surface area contributed by atoms with Gasteiger partial charge in [0.1, 0.15) is 0 Å². The Hall–Kier alpha value is -2.29. The monoisotopic (exact) mass is 474 g/mol. The van der Waals surface area contributed by atoms with Crippen molar-refractivity contribution in [3.63, 3.8) is 0 Å². The number of fused-ring (bicyclic) bond motifs is 1. The number of ether oxygens (including phenoxy) is 2. The molecule has 32 heavy (non-hydrogen) atoms. The van der Waals surface area contributed by atoms with Gasteiger partial charge in [-0.2, -0.15) is 0 Å². The largest absolute Gasteiger partial charge is 0.434 e. The van der Waals surface area contributed by atoms with Gasteiger partial charge in [-0.1, -0.05) is 48.4 Å². The summed E-state index contributed by atoms with van der Waals surface area (Å²) in [5.41, 5.74) is 1.92. The molecule has 2 aromatic carbocycles. The average molecular weight is 475 g/mol. The van der Waals surface area contributed by atoms with Crippen LogP contribution in [0.5, 0.6) is 0 Å². The standard InChI is InChI=1S/C24H26O6S2/c1-5-29-22-20-14-21(32(27,28)19-12-8-16(3)9-13-19)17(4)24(20,23(25)30-22)31(26)18-10-6-15(2)7-11-18/h6-14,17,20,22H,5H2,1-4H3/t17-,20+,22-,24-,31?/m0/s1. The molecule has 0 aromatic heterocycles. The van der Waals surface area contributed by atoms with Gasteiger partial charge in [-0.25, -0.2) is 8.42 Å². The summed E-state index contributed by atoms with van der Waals surface area (Å²) in [6.07, 6.45) is 0.534. The SMILES string of the molecule is CCO[C@H]1OC(=O)[C@@]2(S(=O)c3ccc(C)cc3)[C@@H]1C=C(S(=O)(=O)c1ccc(C)cc1)[C@@H]2C. The maximum atomic E-state index is 13.9. The molecule has 1 unspecified atom stereocenters. The number of aryl methyl sites for hydroxylation is 2. The van der Waals surface area contributed by atoms with Crippen LogP contribution in [0.3, 0.4) is 0 Å². The summed E-state index contributed by atoms with van der Waals surface area (Å²) in [4.78, 5) is 13.9. The number of hydrogen-bond donors (Lipinski definition) is 0. The van der Waals surface area contributed by atoms with E-state index in [4.69, 9.17) is 9.47 Å². The Kier molecular flexibility index (Phi) is 5.90. The number of cyclic esters (lactones) is 1. The average Bonchev–Trinajstić information content (AvgIpc) is 3.22. The first-order valence-corrected chi connectivity index (χ1v) is 13.1. The Morgan fingerprint density at radius 3 is 2.16 bits per heavy atom. The number of benzene rings is 2. The van der Waals surface area contributed by atoms with Crippen LogP contribution in [-0.4, -0.2) is 36.2 Å². The highest BCUT2D eigenvalue weighted by Crippen LogP contribution is 2.54. The van der Waals surface area contributed by atoms with Gasteiger partial charge in [0.05, 0.1) is 26.5 Å². The van der Waals surface area contributed by atoms with Gasteiger partial charge in [0.15, 0.2) is 4.75 Å². The van der Waals surface area contributed by atoms with Crippen LogP contribution in [0.1, 0.15) is 25.0 Å².